The van der Waals surface area contributed by atoms with E-state index in [2.05, 4.69) is 29.2 Å². The zero-order valence-electron chi connectivity index (χ0n) is 17.0. The summed E-state index contributed by atoms with van der Waals surface area (Å²) in [5.74, 6) is 1.08. The number of Topliss-reactive ketones (excluding diaryl/α,β-unsaturated/α-hetero) is 1. The Morgan fingerprint density at radius 1 is 0.964 bits per heavy atom. The average Bonchev–Trinajstić information content (AvgIpc) is 3.19. The molecule has 2 rings (SSSR count). The fourth-order valence-corrected chi connectivity index (χ4v) is 3.09. The van der Waals surface area contributed by atoms with Crippen LogP contribution in [0.15, 0.2) is 40.9 Å². The third kappa shape index (κ3) is 9.29. The molecule has 0 saturated heterocycles. The molecule has 0 bridgehead atoms. The van der Waals surface area contributed by atoms with Crippen LogP contribution in [0.3, 0.4) is 0 Å². The number of ether oxygens (including phenoxy) is 2. The Labute approximate surface area is 168 Å². The number of aromatic nitrogens is 1. The lowest BCUT2D eigenvalue weighted by Gasteiger charge is -2.02. The summed E-state index contributed by atoms with van der Waals surface area (Å²) in [6, 6.07) is 10.5. The number of carbonyl (C=O) groups is 1. The summed E-state index contributed by atoms with van der Waals surface area (Å²) >= 11 is 0. The van der Waals surface area contributed by atoms with Gasteiger partial charge in [-0.25, -0.2) is 4.98 Å². The summed E-state index contributed by atoms with van der Waals surface area (Å²) in [7, 11) is 1.62. The van der Waals surface area contributed by atoms with Gasteiger partial charge >= 0.3 is 0 Å². The van der Waals surface area contributed by atoms with Gasteiger partial charge in [-0.3, -0.25) is 4.79 Å². The fourth-order valence-electron chi connectivity index (χ4n) is 3.09. The minimum absolute atomic E-state index is 0.0160. The number of oxazole rings is 1. The standard InChI is InChI=1S/C23H33NO4/c1-26-19-27-17-11-5-9-15-21-18-24-23(28-21)22(25)16-10-3-2-6-12-20-13-7-4-8-14-20/h4,7-8,13-14,18H,2-3,5-6,9-12,15-17,19H2,1H3. The van der Waals surface area contributed by atoms with Crippen LogP contribution in [-0.2, 0) is 22.3 Å². The fraction of sp³-hybridized carbons (Fsp3) is 0.565. The van der Waals surface area contributed by atoms with Gasteiger partial charge in [0.25, 0.3) is 5.89 Å². The number of methoxy groups -OCH3 is 1. The van der Waals surface area contributed by atoms with E-state index in [4.69, 9.17) is 13.9 Å². The Bertz CT molecular complexity index is 654. The molecule has 1 aromatic heterocycles. The lowest BCUT2D eigenvalue weighted by Crippen LogP contribution is -1.99. The highest BCUT2D eigenvalue weighted by molar-refractivity contribution is 5.91. The quantitative estimate of drug-likeness (QED) is 0.220. The van der Waals surface area contributed by atoms with Crippen LogP contribution < -0.4 is 0 Å². The second kappa shape index (κ2) is 14.1. The van der Waals surface area contributed by atoms with Crippen LogP contribution in [0.2, 0.25) is 0 Å². The minimum Gasteiger partial charge on any atom is -0.439 e. The Morgan fingerprint density at radius 2 is 1.71 bits per heavy atom. The van der Waals surface area contributed by atoms with Crippen molar-refractivity contribution in [3.8, 4) is 0 Å². The van der Waals surface area contributed by atoms with Gasteiger partial charge in [-0.15, -0.1) is 0 Å². The molecule has 0 radical (unpaired) electrons. The van der Waals surface area contributed by atoms with Crippen molar-refractivity contribution in [2.75, 3.05) is 20.5 Å². The number of hydrogen-bond donors (Lipinski definition) is 0. The van der Waals surface area contributed by atoms with Crippen LogP contribution in [0.25, 0.3) is 0 Å². The zero-order chi connectivity index (χ0) is 19.9. The van der Waals surface area contributed by atoms with Crippen LogP contribution in [-0.4, -0.2) is 31.3 Å². The van der Waals surface area contributed by atoms with Crippen molar-refractivity contribution >= 4 is 5.78 Å². The Morgan fingerprint density at radius 3 is 2.54 bits per heavy atom. The van der Waals surface area contributed by atoms with E-state index >= 15 is 0 Å². The molecule has 0 saturated carbocycles. The van der Waals surface area contributed by atoms with Gasteiger partial charge < -0.3 is 13.9 Å². The number of aryl methyl sites for hydroxylation is 2. The number of benzene rings is 1. The van der Waals surface area contributed by atoms with E-state index in [0.717, 1.165) is 63.5 Å². The number of hydrogen-bond acceptors (Lipinski definition) is 5. The van der Waals surface area contributed by atoms with E-state index in [9.17, 15) is 4.79 Å². The highest BCUT2D eigenvalue weighted by Gasteiger charge is 2.12. The molecule has 1 aromatic carbocycles. The molecular weight excluding hydrogens is 354 g/mol. The summed E-state index contributed by atoms with van der Waals surface area (Å²) in [5, 5.41) is 0. The first-order valence-corrected chi connectivity index (χ1v) is 10.4. The number of ketones is 1. The largest absolute Gasteiger partial charge is 0.439 e. The molecule has 5 nitrogen and oxygen atoms in total. The van der Waals surface area contributed by atoms with Gasteiger partial charge in [0.1, 0.15) is 12.6 Å². The second-order valence-electron chi connectivity index (χ2n) is 7.08. The third-order valence-corrected chi connectivity index (χ3v) is 4.67. The molecule has 5 heteroatoms. The molecule has 0 aliphatic carbocycles. The van der Waals surface area contributed by atoms with Crippen molar-refractivity contribution in [1.82, 2.24) is 4.98 Å². The van der Waals surface area contributed by atoms with Crippen LogP contribution in [0, 0.1) is 0 Å². The SMILES string of the molecule is COCOCCCCCc1cnc(C(=O)CCCCCCc2ccccc2)o1. The topological polar surface area (TPSA) is 61.6 Å². The number of carbonyl (C=O) groups excluding carboxylic acids is 1. The van der Waals surface area contributed by atoms with Crippen LogP contribution in [0.4, 0.5) is 0 Å². The lowest BCUT2D eigenvalue weighted by atomic mass is 10.0. The van der Waals surface area contributed by atoms with Gasteiger partial charge in [0.05, 0.1) is 6.20 Å². The van der Waals surface area contributed by atoms with E-state index in [1.54, 1.807) is 13.3 Å². The average molecular weight is 388 g/mol. The molecule has 0 amide bonds. The first kappa shape index (κ1) is 22.3. The first-order chi connectivity index (χ1) is 13.8. The van der Waals surface area contributed by atoms with Crippen molar-refractivity contribution in [3.05, 3.63) is 53.7 Å². The predicted octanol–water partition coefficient (Wildman–Crippen LogP) is 5.38. The Kier molecular flexibility index (Phi) is 11.2. The monoisotopic (exact) mass is 387 g/mol. The second-order valence-corrected chi connectivity index (χ2v) is 7.08. The van der Waals surface area contributed by atoms with Gasteiger partial charge in [-0.05, 0) is 37.7 Å². The van der Waals surface area contributed by atoms with Gasteiger partial charge in [-0.2, -0.15) is 0 Å². The number of unbranched alkanes of at least 4 members (excludes halogenated alkanes) is 5. The Balaban J connectivity index is 1.51. The summed E-state index contributed by atoms with van der Waals surface area (Å²) in [6.07, 6.45) is 11.4. The number of nitrogens with zero attached hydrogens (tertiary/aromatic N) is 1. The van der Waals surface area contributed by atoms with Crippen molar-refractivity contribution in [1.29, 1.82) is 0 Å². The van der Waals surface area contributed by atoms with Crippen LogP contribution in [0.5, 0.6) is 0 Å². The molecule has 0 N–H and O–H groups in total. The van der Waals surface area contributed by atoms with Gasteiger partial charge in [0.15, 0.2) is 0 Å². The van der Waals surface area contributed by atoms with Crippen molar-refractivity contribution < 1.29 is 18.7 Å². The maximum atomic E-state index is 12.2. The maximum absolute atomic E-state index is 12.2. The summed E-state index contributed by atoms with van der Waals surface area (Å²) in [5.41, 5.74) is 1.38. The maximum Gasteiger partial charge on any atom is 0.263 e. The van der Waals surface area contributed by atoms with E-state index < -0.39 is 0 Å². The molecule has 28 heavy (non-hydrogen) atoms. The minimum atomic E-state index is 0.0160. The predicted molar refractivity (Wildman–Crippen MR) is 109 cm³/mol. The first-order valence-electron chi connectivity index (χ1n) is 10.4. The summed E-state index contributed by atoms with van der Waals surface area (Å²) < 4.78 is 15.7. The third-order valence-electron chi connectivity index (χ3n) is 4.67. The van der Waals surface area contributed by atoms with Crippen LogP contribution in [0.1, 0.15) is 73.4 Å². The van der Waals surface area contributed by atoms with Gasteiger partial charge in [0.2, 0.25) is 5.78 Å². The van der Waals surface area contributed by atoms with Crippen LogP contribution >= 0.6 is 0 Å². The van der Waals surface area contributed by atoms with E-state index in [0.29, 0.717) is 19.8 Å². The molecule has 0 unspecified atom stereocenters. The van der Waals surface area contributed by atoms with Crippen molar-refractivity contribution in [2.24, 2.45) is 0 Å². The molecule has 2 aromatic rings. The normalized spacial score (nSPS) is 11.0. The zero-order valence-corrected chi connectivity index (χ0v) is 17.0. The van der Waals surface area contributed by atoms with E-state index in [1.807, 2.05) is 6.07 Å². The van der Waals surface area contributed by atoms with Gasteiger partial charge in [-0.1, -0.05) is 49.6 Å². The van der Waals surface area contributed by atoms with Gasteiger partial charge in [0, 0.05) is 26.6 Å². The lowest BCUT2D eigenvalue weighted by molar-refractivity contribution is -0.0315. The molecule has 154 valence electrons. The Hall–Kier alpha value is -1.98. The number of rotatable bonds is 16. The highest BCUT2D eigenvalue weighted by Crippen LogP contribution is 2.13. The molecule has 0 atom stereocenters. The smallest absolute Gasteiger partial charge is 0.263 e. The summed E-state index contributed by atoms with van der Waals surface area (Å²) in [6.45, 7) is 1.06. The van der Waals surface area contributed by atoms with Crippen molar-refractivity contribution in [3.63, 3.8) is 0 Å². The van der Waals surface area contributed by atoms with E-state index in [-0.39, 0.29) is 11.7 Å². The highest BCUT2D eigenvalue weighted by atomic mass is 16.7. The summed E-state index contributed by atoms with van der Waals surface area (Å²) in [4.78, 5) is 16.4. The molecule has 0 aliphatic rings. The molecular formula is C23H33NO4. The molecule has 0 fully saturated rings. The van der Waals surface area contributed by atoms with E-state index in [1.165, 1.54) is 5.56 Å². The molecule has 1 heterocycles. The molecule has 0 spiro atoms. The van der Waals surface area contributed by atoms with Crippen molar-refractivity contribution in [2.45, 2.75) is 64.2 Å². The molecule has 0 aliphatic heterocycles.